The van der Waals surface area contributed by atoms with Gasteiger partial charge in [-0.15, -0.1) is 0 Å². The van der Waals surface area contributed by atoms with Crippen LogP contribution in [-0.2, 0) is 26.3 Å². The lowest BCUT2D eigenvalue weighted by molar-refractivity contribution is 0.0588. The molecule has 21 heavy (non-hydrogen) atoms. The molecule has 1 atom stereocenters. The molecule has 2 rings (SSSR count). The average molecular weight is 288 g/mol. The third-order valence-corrected chi connectivity index (χ3v) is 3.70. The van der Waals surface area contributed by atoms with E-state index in [9.17, 15) is 5.11 Å². The lowest BCUT2D eigenvalue weighted by Gasteiger charge is -2.23. The van der Waals surface area contributed by atoms with E-state index in [1.165, 1.54) is 0 Å². The standard InChI is InChI=1S/C17H24N2O2/c1-5-14-10-15(19(3)18-14)12-17(2,20)11-13-6-8-16(21-4)9-7-13/h6-10,20H,5,11-12H2,1-4H3. The van der Waals surface area contributed by atoms with Crippen LogP contribution in [0.25, 0.3) is 0 Å². The van der Waals surface area contributed by atoms with E-state index in [1.807, 2.05) is 42.9 Å². The first kappa shape index (κ1) is 15.6. The normalized spacial score (nSPS) is 14.0. The van der Waals surface area contributed by atoms with Gasteiger partial charge in [0.25, 0.3) is 0 Å². The van der Waals surface area contributed by atoms with Crippen molar-refractivity contribution in [2.24, 2.45) is 7.05 Å². The molecule has 0 fully saturated rings. The number of ether oxygens (including phenoxy) is 1. The fraction of sp³-hybridized carbons (Fsp3) is 0.471. The van der Waals surface area contributed by atoms with Crippen LogP contribution in [0.2, 0.25) is 0 Å². The quantitative estimate of drug-likeness (QED) is 0.888. The van der Waals surface area contributed by atoms with Gasteiger partial charge in [0.15, 0.2) is 0 Å². The smallest absolute Gasteiger partial charge is 0.118 e. The van der Waals surface area contributed by atoms with Gasteiger partial charge in [-0.2, -0.15) is 5.10 Å². The summed E-state index contributed by atoms with van der Waals surface area (Å²) in [6, 6.07) is 9.90. The minimum atomic E-state index is -0.798. The molecule has 1 aromatic carbocycles. The summed E-state index contributed by atoms with van der Waals surface area (Å²) >= 11 is 0. The van der Waals surface area contributed by atoms with Crippen LogP contribution in [-0.4, -0.2) is 27.6 Å². The van der Waals surface area contributed by atoms with Crippen molar-refractivity contribution < 1.29 is 9.84 Å². The molecule has 1 aromatic heterocycles. The van der Waals surface area contributed by atoms with Crippen molar-refractivity contribution in [2.45, 2.75) is 38.7 Å². The Bertz CT molecular complexity index is 585. The summed E-state index contributed by atoms with van der Waals surface area (Å²) in [5.74, 6) is 0.831. The van der Waals surface area contributed by atoms with Crippen LogP contribution in [0.3, 0.4) is 0 Å². The van der Waals surface area contributed by atoms with Crippen LogP contribution in [0.4, 0.5) is 0 Å². The zero-order valence-corrected chi connectivity index (χ0v) is 13.3. The number of benzene rings is 1. The molecule has 0 aliphatic rings. The van der Waals surface area contributed by atoms with Gasteiger partial charge in [-0.05, 0) is 37.1 Å². The highest BCUT2D eigenvalue weighted by atomic mass is 16.5. The molecular formula is C17H24N2O2. The number of nitrogens with zero attached hydrogens (tertiary/aromatic N) is 2. The third-order valence-electron chi connectivity index (χ3n) is 3.70. The molecule has 0 radical (unpaired) electrons. The second-order valence-corrected chi connectivity index (χ2v) is 5.80. The molecule has 2 aromatic rings. The van der Waals surface area contributed by atoms with E-state index in [-0.39, 0.29) is 0 Å². The predicted octanol–water partition coefficient (Wildman–Crippen LogP) is 2.53. The van der Waals surface area contributed by atoms with Crippen molar-refractivity contribution >= 4 is 0 Å². The van der Waals surface area contributed by atoms with Crippen molar-refractivity contribution in [2.75, 3.05) is 7.11 Å². The van der Waals surface area contributed by atoms with Crippen molar-refractivity contribution in [3.8, 4) is 5.75 Å². The Morgan fingerprint density at radius 2 is 1.90 bits per heavy atom. The first-order valence-electron chi connectivity index (χ1n) is 7.30. The molecule has 0 aliphatic carbocycles. The van der Waals surface area contributed by atoms with E-state index in [0.29, 0.717) is 12.8 Å². The summed E-state index contributed by atoms with van der Waals surface area (Å²) in [5, 5.41) is 15.1. The Morgan fingerprint density at radius 1 is 1.24 bits per heavy atom. The van der Waals surface area contributed by atoms with Crippen LogP contribution in [0.5, 0.6) is 5.75 Å². The molecule has 0 aliphatic heterocycles. The summed E-state index contributed by atoms with van der Waals surface area (Å²) in [6.45, 7) is 3.96. The number of hydrogen-bond acceptors (Lipinski definition) is 3. The molecule has 0 spiro atoms. The summed E-state index contributed by atoms with van der Waals surface area (Å²) in [7, 11) is 3.58. The minimum Gasteiger partial charge on any atom is -0.497 e. The maximum absolute atomic E-state index is 10.7. The highest BCUT2D eigenvalue weighted by Crippen LogP contribution is 2.21. The monoisotopic (exact) mass is 288 g/mol. The van der Waals surface area contributed by atoms with Crippen molar-refractivity contribution in [3.05, 3.63) is 47.3 Å². The van der Waals surface area contributed by atoms with E-state index in [2.05, 4.69) is 18.1 Å². The van der Waals surface area contributed by atoms with Crippen molar-refractivity contribution in [1.29, 1.82) is 0 Å². The summed E-state index contributed by atoms with van der Waals surface area (Å²) in [6.07, 6.45) is 2.10. The van der Waals surface area contributed by atoms with Crippen LogP contribution in [0.1, 0.15) is 30.8 Å². The second kappa shape index (κ2) is 6.31. The average Bonchev–Trinajstić information content (AvgIpc) is 2.79. The van der Waals surface area contributed by atoms with E-state index in [4.69, 9.17) is 4.74 Å². The highest BCUT2D eigenvalue weighted by Gasteiger charge is 2.23. The topological polar surface area (TPSA) is 47.3 Å². The number of aryl methyl sites for hydroxylation is 2. The van der Waals surface area contributed by atoms with E-state index in [0.717, 1.165) is 29.1 Å². The van der Waals surface area contributed by atoms with Crippen molar-refractivity contribution in [3.63, 3.8) is 0 Å². The van der Waals surface area contributed by atoms with Crippen LogP contribution in [0, 0.1) is 0 Å². The number of aliphatic hydroxyl groups is 1. The predicted molar refractivity (Wildman–Crippen MR) is 83.6 cm³/mol. The Labute approximate surface area is 126 Å². The largest absolute Gasteiger partial charge is 0.497 e. The summed E-state index contributed by atoms with van der Waals surface area (Å²) in [5.41, 5.74) is 2.42. The molecule has 114 valence electrons. The number of aromatic nitrogens is 2. The molecule has 1 heterocycles. The molecule has 1 N–H and O–H groups in total. The molecular weight excluding hydrogens is 264 g/mol. The van der Waals surface area contributed by atoms with Gasteiger partial charge in [0.1, 0.15) is 5.75 Å². The van der Waals surface area contributed by atoms with E-state index in [1.54, 1.807) is 7.11 Å². The van der Waals surface area contributed by atoms with Gasteiger partial charge in [0, 0.05) is 25.6 Å². The zero-order valence-electron chi connectivity index (χ0n) is 13.3. The van der Waals surface area contributed by atoms with Crippen LogP contribution < -0.4 is 4.74 Å². The van der Waals surface area contributed by atoms with Gasteiger partial charge >= 0.3 is 0 Å². The number of methoxy groups -OCH3 is 1. The van der Waals surface area contributed by atoms with Gasteiger partial charge in [0.05, 0.1) is 18.4 Å². The SMILES string of the molecule is CCc1cc(CC(C)(O)Cc2ccc(OC)cc2)n(C)n1. The fourth-order valence-corrected chi connectivity index (χ4v) is 2.55. The second-order valence-electron chi connectivity index (χ2n) is 5.80. The minimum absolute atomic E-state index is 0.586. The van der Waals surface area contributed by atoms with Gasteiger partial charge in [-0.3, -0.25) is 4.68 Å². The summed E-state index contributed by atoms with van der Waals surface area (Å²) < 4.78 is 7.01. The van der Waals surface area contributed by atoms with E-state index >= 15 is 0 Å². The van der Waals surface area contributed by atoms with Crippen molar-refractivity contribution in [1.82, 2.24) is 9.78 Å². The zero-order chi connectivity index (χ0) is 15.5. The lowest BCUT2D eigenvalue weighted by atomic mass is 9.91. The van der Waals surface area contributed by atoms with Gasteiger partial charge in [0.2, 0.25) is 0 Å². The Balaban J connectivity index is 2.07. The number of hydrogen-bond donors (Lipinski definition) is 1. The fourth-order valence-electron chi connectivity index (χ4n) is 2.55. The molecule has 0 amide bonds. The van der Waals surface area contributed by atoms with Gasteiger partial charge in [-0.25, -0.2) is 0 Å². The maximum atomic E-state index is 10.7. The maximum Gasteiger partial charge on any atom is 0.118 e. The first-order valence-corrected chi connectivity index (χ1v) is 7.30. The van der Waals surface area contributed by atoms with Crippen LogP contribution in [0.15, 0.2) is 30.3 Å². The Hall–Kier alpha value is -1.81. The molecule has 4 nitrogen and oxygen atoms in total. The molecule has 4 heteroatoms. The van der Waals surface area contributed by atoms with Crippen LogP contribution >= 0.6 is 0 Å². The Morgan fingerprint density at radius 3 is 2.43 bits per heavy atom. The molecule has 0 saturated heterocycles. The molecule has 0 bridgehead atoms. The first-order chi connectivity index (χ1) is 9.93. The van der Waals surface area contributed by atoms with Gasteiger partial charge in [-0.1, -0.05) is 19.1 Å². The molecule has 0 saturated carbocycles. The summed E-state index contributed by atoms with van der Waals surface area (Å²) in [4.78, 5) is 0. The Kier molecular flexibility index (Phi) is 4.68. The number of rotatable bonds is 6. The third kappa shape index (κ3) is 4.08. The lowest BCUT2D eigenvalue weighted by Crippen LogP contribution is -2.31. The van der Waals surface area contributed by atoms with E-state index < -0.39 is 5.60 Å². The highest BCUT2D eigenvalue weighted by molar-refractivity contribution is 5.28. The molecule has 1 unspecified atom stereocenters. The van der Waals surface area contributed by atoms with Gasteiger partial charge < -0.3 is 9.84 Å².